The highest BCUT2D eigenvalue weighted by Gasteiger charge is 2.42. The molecule has 1 amide bonds. The molecule has 0 bridgehead atoms. The van der Waals surface area contributed by atoms with Crippen LogP contribution >= 0.6 is 0 Å². The van der Waals surface area contributed by atoms with E-state index in [1.165, 1.54) is 30.5 Å². The monoisotopic (exact) mass is 559 g/mol. The second kappa shape index (κ2) is 11.0. The quantitative estimate of drug-likeness (QED) is 0.528. The lowest BCUT2D eigenvalue weighted by atomic mass is 9.74. The van der Waals surface area contributed by atoms with E-state index in [0.29, 0.717) is 42.9 Å². The number of halogens is 2. The van der Waals surface area contributed by atoms with E-state index in [0.717, 1.165) is 49.8 Å². The van der Waals surface area contributed by atoms with Crippen molar-refractivity contribution in [2.45, 2.75) is 42.1 Å². The first-order chi connectivity index (χ1) is 18.5. The van der Waals surface area contributed by atoms with Crippen molar-refractivity contribution in [3.63, 3.8) is 0 Å². The Bertz CT molecular complexity index is 1340. The van der Waals surface area contributed by atoms with Crippen molar-refractivity contribution in [2.24, 2.45) is 5.92 Å². The Morgan fingerprint density at radius 2 is 1.77 bits per heavy atom. The summed E-state index contributed by atoms with van der Waals surface area (Å²) in [6, 6.07) is 8.49. The molecule has 2 aromatic rings. The normalized spacial score (nSPS) is 20.8. The van der Waals surface area contributed by atoms with Crippen molar-refractivity contribution in [1.29, 1.82) is 0 Å². The number of piperidine rings is 2. The average Bonchev–Trinajstić information content (AvgIpc) is 3.25. The van der Waals surface area contributed by atoms with Crippen LogP contribution < -0.4 is 5.32 Å². The first kappa shape index (κ1) is 27.7. The van der Waals surface area contributed by atoms with Crippen molar-refractivity contribution < 1.29 is 27.1 Å². The Balaban J connectivity index is 1.11. The third-order valence-electron chi connectivity index (χ3n) is 8.56. The van der Waals surface area contributed by atoms with Gasteiger partial charge in [0.05, 0.1) is 11.0 Å². The molecule has 2 N–H and O–H groups in total. The summed E-state index contributed by atoms with van der Waals surface area (Å²) in [6.07, 6.45) is 6.66. The molecular weight excluding hydrogens is 524 g/mol. The minimum Gasteiger partial charge on any atom is -0.392 e. The number of benzene rings is 2. The van der Waals surface area contributed by atoms with Gasteiger partial charge in [-0.25, -0.2) is 17.2 Å². The summed E-state index contributed by atoms with van der Waals surface area (Å²) in [5, 5.41) is 14.4. The average molecular weight is 560 g/mol. The number of carbonyl (C=O) groups is 1. The van der Waals surface area contributed by atoms with Gasteiger partial charge >= 0.3 is 0 Å². The molecule has 3 heterocycles. The summed E-state index contributed by atoms with van der Waals surface area (Å²) >= 11 is 0. The lowest BCUT2D eigenvalue weighted by molar-refractivity contribution is -0.128. The van der Waals surface area contributed by atoms with E-state index in [4.69, 9.17) is 0 Å². The second-order valence-electron chi connectivity index (χ2n) is 11.2. The molecule has 1 spiro atoms. The number of aliphatic hydroxyl groups excluding tert-OH is 1. The van der Waals surface area contributed by atoms with Crippen LogP contribution in [0, 0.1) is 17.6 Å². The fraction of sp³-hybridized carbons (Fsp3) is 0.483. The van der Waals surface area contributed by atoms with Crippen LogP contribution in [0.3, 0.4) is 0 Å². The molecule has 10 heteroatoms. The van der Waals surface area contributed by atoms with Gasteiger partial charge in [0.2, 0.25) is 5.91 Å². The van der Waals surface area contributed by atoms with Crippen LogP contribution in [0.15, 0.2) is 47.4 Å². The van der Waals surface area contributed by atoms with Gasteiger partial charge in [-0.1, -0.05) is 0 Å². The maximum Gasteiger partial charge on any atom is 0.246 e. The molecule has 2 fully saturated rings. The number of likely N-dealkylation sites (tertiary alicyclic amines) is 2. The van der Waals surface area contributed by atoms with Crippen molar-refractivity contribution in [3.8, 4) is 0 Å². The van der Waals surface area contributed by atoms with Crippen molar-refractivity contribution in [1.82, 2.24) is 9.80 Å². The van der Waals surface area contributed by atoms with Crippen LogP contribution in [0.25, 0.3) is 6.08 Å². The van der Waals surface area contributed by atoms with Crippen LogP contribution in [-0.4, -0.2) is 80.9 Å². The van der Waals surface area contributed by atoms with Crippen LogP contribution in [0.4, 0.5) is 14.5 Å². The highest BCUT2D eigenvalue weighted by atomic mass is 32.2. The third-order valence-corrected chi connectivity index (χ3v) is 9.68. The molecule has 0 aromatic heterocycles. The Morgan fingerprint density at radius 3 is 2.41 bits per heavy atom. The zero-order chi connectivity index (χ0) is 27.8. The summed E-state index contributed by atoms with van der Waals surface area (Å²) in [5.41, 5.74) is 2.30. The van der Waals surface area contributed by atoms with E-state index in [1.54, 1.807) is 11.0 Å². The number of sulfone groups is 1. The number of amides is 1. The topological polar surface area (TPSA) is 90.0 Å². The summed E-state index contributed by atoms with van der Waals surface area (Å²) in [5.74, 6) is -1.49. The number of rotatable bonds is 6. The largest absolute Gasteiger partial charge is 0.392 e. The summed E-state index contributed by atoms with van der Waals surface area (Å²) in [6.45, 7) is 4.06. The van der Waals surface area contributed by atoms with E-state index in [9.17, 15) is 27.1 Å². The fourth-order valence-electron chi connectivity index (χ4n) is 6.18. The van der Waals surface area contributed by atoms with Crippen molar-refractivity contribution >= 4 is 27.5 Å². The highest BCUT2D eigenvalue weighted by Crippen LogP contribution is 2.45. The SMILES string of the molecule is CS(=O)(=O)c1ccc2c(c1)C1(CCN(CC(O)C3CCN(C(=O)/C=C/c4cc(F)cc(F)c4)CC3)CC1)CN2. The van der Waals surface area contributed by atoms with Crippen molar-refractivity contribution in [2.75, 3.05) is 50.8 Å². The number of nitrogens with zero attached hydrogens (tertiary/aromatic N) is 2. The zero-order valence-corrected chi connectivity index (χ0v) is 22.9. The molecule has 0 aliphatic carbocycles. The second-order valence-corrected chi connectivity index (χ2v) is 13.2. The van der Waals surface area contributed by atoms with Gasteiger partial charge in [0, 0.05) is 55.7 Å². The smallest absolute Gasteiger partial charge is 0.246 e. The van der Waals surface area contributed by atoms with E-state index in [2.05, 4.69) is 10.2 Å². The van der Waals surface area contributed by atoms with E-state index >= 15 is 0 Å². The molecule has 1 atom stereocenters. The first-order valence-corrected chi connectivity index (χ1v) is 15.3. The number of carbonyl (C=O) groups excluding carboxylic acids is 1. The maximum absolute atomic E-state index is 13.4. The van der Waals surface area contributed by atoms with Crippen LogP contribution in [0.2, 0.25) is 0 Å². The number of β-amino-alcohol motifs (C(OH)–C–C–N with tert-alkyl or cyclic N) is 1. The molecule has 0 radical (unpaired) electrons. The minimum atomic E-state index is -3.27. The fourth-order valence-corrected chi connectivity index (χ4v) is 6.83. The molecular formula is C29H35F2N3O4S. The molecule has 0 saturated carbocycles. The van der Waals surface area contributed by atoms with Gasteiger partial charge < -0.3 is 20.2 Å². The van der Waals surface area contributed by atoms with E-state index in [1.807, 2.05) is 12.1 Å². The number of anilines is 1. The van der Waals surface area contributed by atoms with Gasteiger partial charge in [0.15, 0.2) is 9.84 Å². The predicted molar refractivity (Wildman–Crippen MR) is 146 cm³/mol. The zero-order valence-electron chi connectivity index (χ0n) is 22.1. The highest BCUT2D eigenvalue weighted by molar-refractivity contribution is 7.90. The van der Waals surface area contributed by atoms with Gasteiger partial charge in [-0.2, -0.15) is 0 Å². The molecule has 3 aliphatic heterocycles. The van der Waals surface area contributed by atoms with Gasteiger partial charge in [0.1, 0.15) is 11.6 Å². The molecule has 7 nitrogen and oxygen atoms in total. The lowest BCUT2D eigenvalue weighted by Crippen LogP contribution is -2.48. The molecule has 3 aliphatic rings. The Hall–Kier alpha value is -2.82. The standard InChI is InChI=1S/C29H35F2N3O4S/c1-39(37,38)24-3-4-26-25(17-24)29(19-32-26)8-12-33(13-9-29)18-27(35)21-6-10-34(11-7-21)28(36)5-2-20-14-22(30)16-23(31)15-20/h2-5,14-17,21,27,32,35H,6-13,18-19H2,1H3/b5-2+. The van der Waals surface area contributed by atoms with E-state index in [-0.39, 0.29) is 17.2 Å². The molecule has 2 aromatic carbocycles. The summed E-state index contributed by atoms with van der Waals surface area (Å²) in [4.78, 5) is 16.9. The van der Waals surface area contributed by atoms with Crippen molar-refractivity contribution in [3.05, 3.63) is 65.2 Å². The Morgan fingerprint density at radius 1 is 1.10 bits per heavy atom. The Kier molecular flexibility index (Phi) is 7.81. The maximum atomic E-state index is 13.4. The molecule has 1 unspecified atom stereocenters. The summed E-state index contributed by atoms with van der Waals surface area (Å²) in [7, 11) is -3.27. The van der Waals surface area contributed by atoms with Gasteiger partial charge in [-0.15, -0.1) is 0 Å². The number of hydrogen-bond donors (Lipinski definition) is 2. The van der Waals surface area contributed by atoms with Gasteiger partial charge in [-0.3, -0.25) is 4.79 Å². The summed E-state index contributed by atoms with van der Waals surface area (Å²) < 4.78 is 50.9. The lowest BCUT2D eigenvalue weighted by Gasteiger charge is -2.41. The van der Waals surface area contributed by atoms with E-state index < -0.39 is 27.6 Å². The number of hydrogen-bond acceptors (Lipinski definition) is 6. The number of fused-ring (bicyclic) bond motifs is 2. The molecule has 5 rings (SSSR count). The number of nitrogens with one attached hydrogen (secondary N) is 1. The Labute approximate surface area is 228 Å². The van der Waals surface area contributed by atoms with Crippen LogP contribution in [0.5, 0.6) is 0 Å². The molecule has 210 valence electrons. The molecule has 2 saturated heterocycles. The van der Waals surface area contributed by atoms with Crippen LogP contribution in [-0.2, 0) is 20.0 Å². The molecule has 39 heavy (non-hydrogen) atoms. The van der Waals surface area contributed by atoms with Crippen LogP contribution in [0.1, 0.15) is 36.8 Å². The minimum absolute atomic E-state index is 0.0893. The number of aliphatic hydroxyl groups is 1. The first-order valence-electron chi connectivity index (χ1n) is 13.4. The van der Waals surface area contributed by atoms with Gasteiger partial charge in [0.25, 0.3) is 0 Å². The third kappa shape index (κ3) is 6.18. The predicted octanol–water partition coefficient (Wildman–Crippen LogP) is 3.44. The van der Waals surface area contributed by atoms with Gasteiger partial charge in [-0.05, 0) is 92.2 Å².